The van der Waals surface area contributed by atoms with Crippen molar-refractivity contribution in [1.82, 2.24) is 19.9 Å². The molecule has 0 amide bonds. The second-order valence-electron chi connectivity index (χ2n) is 6.54. The molecule has 1 N–H and O–H groups in total. The maximum absolute atomic E-state index is 13.3. The van der Waals surface area contributed by atoms with Crippen LogP contribution in [0.2, 0.25) is 0 Å². The Morgan fingerprint density at radius 2 is 2.08 bits per heavy atom. The van der Waals surface area contributed by atoms with Gasteiger partial charge in [-0.15, -0.1) is 0 Å². The van der Waals surface area contributed by atoms with Crippen LogP contribution < -0.4 is 4.74 Å². The Kier molecular flexibility index (Phi) is 4.36. The number of halogens is 1. The number of aromatic amines is 1. The first-order valence-electron chi connectivity index (χ1n) is 8.58. The number of ether oxygens (including phenoxy) is 1. The molecular weight excluding hydrogens is 319 g/mol. The van der Waals surface area contributed by atoms with Crippen molar-refractivity contribution >= 4 is 11.0 Å². The van der Waals surface area contributed by atoms with Gasteiger partial charge in [-0.05, 0) is 49.7 Å². The summed E-state index contributed by atoms with van der Waals surface area (Å²) < 4.78 is 18.4. The standard InChI is InChI=1S/C19H21FN4O/c1-25-18-5-2-13(11-21-18)12-24-8-6-14(7-9-24)19-22-16-4-3-15(20)10-17(16)23-19/h2-5,10-11,14H,6-9,12H2,1H3,(H,22,23). The molecular formula is C19H21FN4O. The number of imidazole rings is 1. The van der Waals surface area contributed by atoms with E-state index in [9.17, 15) is 4.39 Å². The number of hydrogen-bond donors (Lipinski definition) is 1. The number of nitrogens with zero attached hydrogens (tertiary/aromatic N) is 3. The molecule has 4 rings (SSSR count). The second-order valence-corrected chi connectivity index (χ2v) is 6.54. The maximum Gasteiger partial charge on any atom is 0.212 e. The van der Waals surface area contributed by atoms with Gasteiger partial charge < -0.3 is 9.72 Å². The lowest BCUT2D eigenvalue weighted by atomic mass is 9.96. The average Bonchev–Trinajstić information content (AvgIpc) is 3.06. The van der Waals surface area contributed by atoms with E-state index in [0.717, 1.165) is 49.3 Å². The summed E-state index contributed by atoms with van der Waals surface area (Å²) in [5, 5.41) is 0. The molecule has 5 nitrogen and oxygen atoms in total. The van der Waals surface area contributed by atoms with Crippen molar-refractivity contribution in [3.8, 4) is 5.88 Å². The molecule has 0 bridgehead atoms. The van der Waals surface area contributed by atoms with Crippen molar-refractivity contribution < 1.29 is 9.13 Å². The summed E-state index contributed by atoms with van der Waals surface area (Å²) in [5.41, 5.74) is 2.81. The highest BCUT2D eigenvalue weighted by Crippen LogP contribution is 2.28. The fourth-order valence-electron chi connectivity index (χ4n) is 3.44. The molecule has 3 heterocycles. The monoisotopic (exact) mass is 340 g/mol. The maximum atomic E-state index is 13.3. The zero-order valence-corrected chi connectivity index (χ0v) is 14.2. The van der Waals surface area contributed by atoms with E-state index in [1.165, 1.54) is 17.7 Å². The Morgan fingerprint density at radius 3 is 2.80 bits per heavy atom. The van der Waals surface area contributed by atoms with Gasteiger partial charge in [0.2, 0.25) is 5.88 Å². The molecule has 130 valence electrons. The number of aromatic nitrogens is 3. The predicted octanol–water partition coefficient (Wildman–Crippen LogP) is 3.49. The second kappa shape index (κ2) is 6.80. The van der Waals surface area contributed by atoms with E-state index in [2.05, 4.69) is 25.9 Å². The van der Waals surface area contributed by atoms with Crippen LogP contribution in [0.15, 0.2) is 36.5 Å². The van der Waals surface area contributed by atoms with E-state index < -0.39 is 0 Å². The summed E-state index contributed by atoms with van der Waals surface area (Å²) in [5.74, 6) is 1.79. The highest BCUT2D eigenvalue weighted by molar-refractivity contribution is 5.75. The Morgan fingerprint density at radius 1 is 1.24 bits per heavy atom. The minimum atomic E-state index is -0.231. The Balaban J connectivity index is 1.38. The number of benzene rings is 1. The molecule has 3 aromatic rings. The third-order valence-electron chi connectivity index (χ3n) is 4.85. The first-order chi connectivity index (χ1) is 12.2. The first kappa shape index (κ1) is 16.0. The largest absolute Gasteiger partial charge is 0.481 e. The lowest BCUT2D eigenvalue weighted by Crippen LogP contribution is -2.32. The highest BCUT2D eigenvalue weighted by Gasteiger charge is 2.23. The quantitative estimate of drug-likeness (QED) is 0.790. The van der Waals surface area contributed by atoms with Crippen molar-refractivity contribution in [2.75, 3.05) is 20.2 Å². The van der Waals surface area contributed by atoms with Gasteiger partial charge >= 0.3 is 0 Å². The van der Waals surface area contributed by atoms with Crippen LogP contribution in [0.3, 0.4) is 0 Å². The van der Waals surface area contributed by atoms with Crippen molar-refractivity contribution in [1.29, 1.82) is 0 Å². The molecule has 0 saturated carbocycles. The highest BCUT2D eigenvalue weighted by atomic mass is 19.1. The van der Waals surface area contributed by atoms with Gasteiger partial charge in [-0.3, -0.25) is 4.90 Å². The molecule has 0 aliphatic carbocycles. The van der Waals surface area contributed by atoms with E-state index in [1.54, 1.807) is 13.2 Å². The van der Waals surface area contributed by atoms with Gasteiger partial charge in [-0.25, -0.2) is 14.4 Å². The van der Waals surface area contributed by atoms with E-state index in [4.69, 9.17) is 4.74 Å². The van der Waals surface area contributed by atoms with E-state index in [1.807, 2.05) is 12.3 Å². The Hall–Kier alpha value is -2.47. The lowest BCUT2D eigenvalue weighted by molar-refractivity contribution is 0.202. The number of methoxy groups -OCH3 is 1. The van der Waals surface area contributed by atoms with Crippen LogP contribution in [0.4, 0.5) is 4.39 Å². The third-order valence-corrected chi connectivity index (χ3v) is 4.85. The molecule has 0 unspecified atom stereocenters. The molecule has 1 aliphatic heterocycles. The fourth-order valence-corrected chi connectivity index (χ4v) is 3.44. The summed E-state index contributed by atoms with van der Waals surface area (Å²) in [6.07, 6.45) is 3.97. The van der Waals surface area contributed by atoms with Crippen LogP contribution in [0.5, 0.6) is 5.88 Å². The van der Waals surface area contributed by atoms with Crippen LogP contribution in [0, 0.1) is 5.82 Å². The zero-order chi connectivity index (χ0) is 17.2. The van der Waals surface area contributed by atoms with Gasteiger partial charge in [0, 0.05) is 24.7 Å². The van der Waals surface area contributed by atoms with Crippen molar-refractivity contribution in [3.63, 3.8) is 0 Å². The normalized spacial score (nSPS) is 16.4. The summed E-state index contributed by atoms with van der Waals surface area (Å²) in [6.45, 7) is 2.93. The van der Waals surface area contributed by atoms with Crippen LogP contribution in [0.25, 0.3) is 11.0 Å². The van der Waals surface area contributed by atoms with Gasteiger partial charge in [-0.2, -0.15) is 0 Å². The van der Waals surface area contributed by atoms with Crippen molar-refractivity contribution in [3.05, 3.63) is 53.7 Å². The summed E-state index contributed by atoms with van der Waals surface area (Å²) >= 11 is 0. The average molecular weight is 340 g/mol. The molecule has 6 heteroatoms. The summed E-state index contributed by atoms with van der Waals surface area (Å²) in [4.78, 5) is 14.6. The van der Waals surface area contributed by atoms with Gasteiger partial charge in [0.25, 0.3) is 0 Å². The number of piperidine rings is 1. The minimum Gasteiger partial charge on any atom is -0.481 e. The topological polar surface area (TPSA) is 54.0 Å². The fraction of sp³-hybridized carbons (Fsp3) is 0.368. The first-order valence-corrected chi connectivity index (χ1v) is 8.58. The van der Waals surface area contributed by atoms with Crippen LogP contribution in [0.1, 0.15) is 30.1 Å². The molecule has 0 spiro atoms. The molecule has 1 saturated heterocycles. The molecule has 1 fully saturated rings. The number of pyridine rings is 1. The van der Waals surface area contributed by atoms with Gasteiger partial charge in [-0.1, -0.05) is 6.07 Å². The summed E-state index contributed by atoms with van der Waals surface area (Å²) in [7, 11) is 1.62. The smallest absolute Gasteiger partial charge is 0.212 e. The Labute approximate surface area is 145 Å². The van der Waals surface area contributed by atoms with E-state index in [0.29, 0.717) is 11.8 Å². The molecule has 1 aromatic carbocycles. The van der Waals surface area contributed by atoms with Gasteiger partial charge in [0.05, 0.1) is 18.1 Å². The van der Waals surface area contributed by atoms with Crippen molar-refractivity contribution in [2.45, 2.75) is 25.3 Å². The van der Waals surface area contributed by atoms with Gasteiger partial charge in [0.15, 0.2) is 0 Å². The van der Waals surface area contributed by atoms with Crippen LogP contribution in [-0.2, 0) is 6.54 Å². The predicted molar refractivity (Wildman–Crippen MR) is 94.1 cm³/mol. The van der Waals surface area contributed by atoms with Gasteiger partial charge in [0.1, 0.15) is 11.6 Å². The Bertz CT molecular complexity index is 853. The van der Waals surface area contributed by atoms with E-state index in [-0.39, 0.29) is 5.82 Å². The molecule has 1 aliphatic rings. The van der Waals surface area contributed by atoms with Crippen LogP contribution in [-0.4, -0.2) is 40.1 Å². The number of rotatable bonds is 4. The lowest BCUT2D eigenvalue weighted by Gasteiger charge is -2.31. The summed E-state index contributed by atoms with van der Waals surface area (Å²) in [6, 6.07) is 8.66. The number of nitrogens with one attached hydrogen (secondary N) is 1. The number of likely N-dealkylation sites (tertiary alicyclic amines) is 1. The van der Waals surface area contributed by atoms with E-state index >= 15 is 0 Å². The molecule has 0 atom stereocenters. The number of hydrogen-bond acceptors (Lipinski definition) is 4. The number of fused-ring (bicyclic) bond motifs is 1. The minimum absolute atomic E-state index is 0.231. The molecule has 25 heavy (non-hydrogen) atoms. The molecule has 2 aromatic heterocycles. The number of H-pyrrole nitrogens is 1. The van der Waals surface area contributed by atoms with Crippen molar-refractivity contribution in [2.24, 2.45) is 0 Å². The molecule has 0 radical (unpaired) electrons. The third kappa shape index (κ3) is 3.49. The SMILES string of the molecule is COc1ccc(CN2CCC(c3nc4ccc(F)cc4[nH]3)CC2)cn1. The van der Waals surface area contributed by atoms with Crippen LogP contribution >= 0.6 is 0 Å². The zero-order valence-electron chi connectivity index (χ0n) is 14.2.